The molecule has 0 saturated heterocycles. The minimum Gasteiger partial charge on any atom is -0.780 e. The fourth-order valence-electron chi connectivity index (χ4n) is 0.426. The molecule has 73 valence electrons. The molecule has 0 aliphatic rings. The van der Waals surface area contributed by atoms with E-state index >= 15 is 0 Å². The molecule has 0 aliphatic heterocycles. The Kier molecular flexibility index (Phi) is 6.38. The third-order valence-electron chi connectivity index (χ3n) is 0.697. The molecule has 0 amide bonds. The van der Waals surface area contributed by atoms with Crippen molar-refractivity contribution in [3.8, 4) is 5.95 Å². The van der Waals surface area contributed by atoms with E-state index in [1.54, 1.807) is 0 Å². The van der Waals surface area contributed by atoms with Crippen molar-refractivity contribution in [3.05, 3.63) is 18.4 Å². The first-order valence-electron chi connectivity index (χ1n) is 2.33. The van der Waals surface area contributed by atoms with Crippen LogP contribution in [-0.4, -0.2) is 5.48 Å². The summed E-state index contributed by atoms with van der Waals surface area (Å²) in [6, 6.07) is 2.63. The normalized spacial score (nSPS) is 9.50. The van der Waals surface area contributed by atoms with Gasteiger partial charge in [0.1, 0.15) is 7.82 Å². The monoisotopic (exact) mass is 243 g/mol. The van der Waals surface area contributed by atoms with Gasteiger partial charge in [0.2, 0.25) is 0 Å². The van der Waals surface area contributed by atoms with Gasteiger partial charge in [0.05, 0.1) is 6.26 Å². The molecule has 6 nitrogen and oxygen atoms in total. The maximum absolute atomic E-state index is 9.89. The molecule has 0 aliphatic carbocycles. The molecule has 0 bridgehead atoms. The molecule has 1 heterocycles. The van der Waals surface area contributed by atoms with E-state index in [2.05, 4.69) is 8.94 Å². The summed E-state index contributed by atoms with van der Waals surface area (Å²) in [6.07, 6.45) is 1.20. The van der Waals surface area contributed by atoms with Gasteiger partial charge in [-0.2, -0.15) is 0 Å². The number of hydrogen-bond acceptors (Lipinski definition) is 5. The van der Waals surface area contributed by atoms with Gasteiger partial charge < -0.3 is 28.8 Å². The largest absolute Gasteiger partial charge is 2.00 e. The Bertz CT molecular complexity index is 240. The first-order valence-corrected chi connectivity index (χ1v) is 3.79. The molecule has 0 fully saturated rings. The summed E-state index contributed by atoms with van der Waals surface area (Å²) >= 11 is 0. The van der Waals surface area contributed by atoms with Gasteiger partial charge in [0, 0.05) is 6.07 Å². The van der Waals surface area contributed by atoms with Crippen molar-refractivity contribution >= 4 is 7.82 Å². The van der Waals surface area contributed by atoms with Crippen LogP contribution >= 0.6 is 7.82 Å². The van der Waals surface area contributed by atoms with E-state index in [1.165, 1.54) is 18.4 Å². The number of rotatable bonds is 2. The van der Waals surface area contributed by atoms with E-state index in [0.29, 0.717) is 0 Å². The average molecular weight is 244 g/mol. The molecule has 2 N–H and O–H groups in total. The van der Waals surface area contributed by atoms with Crippen molar-refractivity contribution in [2.75, 3.05) is 0 Å². The molecular weight excluding hydrogens is 239 g/mol. The maximum atomic E-state index is 9.89. The van der Waals surface area contributed by atoms with Crippen LogP contribution in [0.2, 0.25) is 0 Å². The maximum Gasteiger partial charge on any atom is 2.00 e. The summed E-state index contributed by atoms with van der Waals surface area (Å²) in [6.45, 7) is 0. The third kappa shape index (κ3) is 5.37. The standard InChI is InChI=1S/C4H5O5P.Cu.H2O/c5-10(6,7)9-4-2-1-3-8-4;;/h1-3H,(H2,5,6,7);;1H2/q;+2;/p-2. The summed E-state index contributed by atoms with van der Waals surface area (Å²) in [5, 5.41) is 0. The van der Waals surface area contributed by atoms with E-state index < -0.39 is 7.82 Å². The zero-order valence-corrected chi connectivity index (χ0v) is 7.36. The number of phosphoric ester groups is 1. The Balaban J connectivity index is 0. The van der Waals surface area contributed by atoms with E-state index in [9.17, 15) is 14.4 Å². The zero-order chi connectivity index (χ0) is 7.61. The van der Waals surface area contributed by atoms with Crippen LogP contribution in [0.25, 0.3) is 0 Å². The summed E-state index contributed by atoms with van der Waals surface area (Å²) < 4.78 is 18.1. The van der Waals surface area contributed by atoms with Crippen LogP contribution in [0.3, 0.4) is 0 Å². The van der Waals surface area contributed by atoms with Gasteiger partial charge in [0.15, 0.2) is 0 Å². The van der Waals surface area contributed by atoms with Crippen LogP contribution in [0.4, 0.5) is 0 Å². The van der Waals surface area contributed by atoms with Crippen molar-refractivity contribution in [3.63, 3.8) is 0 Å². The van der Waals surface area contributed by atoms with Gasteiger partial charge in [-0.25, -0.2) is 0 Å². The zero-order valence-electron chi connectivity index (χ0n) is 5.52. The fourth-order valence-corrected chi connectivity index (χ4v) is 0.750. The summed E-state index contributed by atoms with van der Waals surface area (Å²) in [5.74, 6) is -0.312. The van der Waals surface area contributed by atoms with Crippen LogP contribution in [0.15, 0.2) is 22.8 Å². The Morgan fingerprint density at radius 3 is 2.42 bits per heavy atom. The molecule has 12 heavy (non-hydrogen) atoms. The van der Waals surface area contributed by atoms with E-state index in [0.717, 1.165) is 0 Å². The molecule has 0 atom stereocenters. The smallest absolute Gasteiger partial charge is 0.780 e. The summed E-state index contributed by atoms with van der Waals surface area (Å²) in [5.41, 5.74) is 0. The van der Waals surface area contributed by atoms with E-state index in [1.807, 2.05) is 0 Å². The fraction of sp³-hybridized carbons (Fsp3) is 0. The predicted octanol–water partition coefficient (Wildman–Crippen LogP) is -1.34. The summed E-state index contributed by atoms with van der Waals surface area (Å²) in [4.78, 5) is 19.8. The quantitative estimate of drug-likeness (QED) is 0.471. The van der Waals surface area contributed by atoms with Gasteiger partial charge in [-0.15, -0.1) is 0 Å². The topological polar surface area (TPSA) is 117 Å². The van der Waals surface area contributed by atoms with E-state index in [4.69, 9.17) is 0 Å². The molecule has 8 heteroatoms. The number of hydrogen-bond donors (Lipinski definition) is 0. The molecule has 0 unspecified atom stereocenters. The predicted molar refractivity (Wildman–Crippen MR) is 30.6 cm³/mol. The summed E-state index contributed by atoms with van der Waals surface area (Å²) in [7, 11) is -4.95. The molecule has 1 radical (unpaired) electrons. The van der Waals surface area contributed by atoms with Gasteiger partial charge in [-0.05, 0) is 6.07 Å². The van der Waals surface area contributed by atoms with Crippen molar-refractivity contribution in [1.29, 1.82) is 0 Å². The average Bonchev–Trinajstić information content (AvgIpc) is 2.12. The minimum atomic E-state index is -4.95. The molecule has 0 saturated carbocycles. The molecule has 0 aromatic carbocycles. The minimum absolute atomic E-state index is 0. The van der Waals surface area contributed by atoms with Crippen LogP contribution in [0, 0.1) is 0 Å². The molecule has 1 aromatic rings. The van der Waals surface area contributed by atoms with Crippen molar-refractivity contribution in [1.82, 2.24) is 0 Å². The second-order valence-corrected chi connectivity index (χ2v) is 2.55. The van der Waals surface area contributed by atoms with Gasteiger partial charge in [-0.3, -0.25) is 0 Å². The van der Waals surface area contributed by atoms with Crippen LogP contribution in [0.1, 0.15) is 0 Å². The van der Waals surface area contributed by atoms with Crippen molar-refractivity contribution in [2.24, 2.45) is 0 Å². The molecular formula is C4H5CuO6P. The Hall–Kier alpha value is -0.291. The van der Waals surface area contributed by atoms with Crippen LogP contribution in [-0.2, 0) is 21.6 Å². The second-order valence-electron chi connectivity index (χ2n) is 1.47. The first-order chi connectivity index (χ1) is 4.58. The Morgan fingerprint density at radius 2 is 2.08 bits per heavy atom. The van der Waals surface area contributed by atoms with Gasteiger partial charge in [0.25, 0.3) is 5.95 Å². The van der Waals surface area contributed by atoms with Crippen molar-refractivity contribution in [2.45, 2.75) is 0 Å². The SMILES string of the molecule is O.O=P([O-])([O-])Oc1ccco1.[Cu+2]. The van der Waals surface area contributed by atoms with Crippen LogP contribution in [0.5, 0.6) is 5.95 Å². The van der Waals surface area contributed by atoms with Gasteiger partial charge in [-0.1, -0.05) is 0 Å². The molecule has 1 aromatic heterocycles. The molecule has 1 rings (SSSR count). The van der Waals surface area contributed by atoms with Crippen LogP contribution < -0.4 is 14.3 Å². The number of phosphoric acid groups is 1. The number of furan rings is 1. The third-order valence-corrected chi connectivity index (χ3v) is 1.10. The Morgan fingerprint density at radius 1 is 1.50 bits per heavy atom. The Labute approximate surface area is 78.6 Å². The van der Waals surface area contributed by atoms with Gasteiger partial charge >= 0.3 is 17.1 Å². The molecule has 0 spiro atoms. The van der Waals surface area contributed by atoms with E-state index in [-0.39, 0.29) is 28.5 Å². The second kappa shape index (κ2) is 5.37. The van der Waals surface area contributed by atoms with Crippen molar-refractivity contribution < 1.29 is 45.8 Å². The first kappa shape index (κ1) is 14.2.